The second-order valence-corrected chi connectivity index (χ2v) is 4.96. The van der Waals surface area contributed by atoms with Gasteiger partial charge in [-0.15, -0.1) is 0 Å². The van der Waals surface area contributed by atoms with Crippen LogP contribution in [0.15, 0.2) is 34.9 Å². The van der Waals surface area contributed by atoms with Gasteiger partial charge in [0.15, 0.2) is 0 Å². The first-order chi connectivity index (χ1) is 9.17. The van der Waals surface area contributed by atoms with Crippen molar-refractivity contribution < 1.29 is 4.74 Å². The Bertz CT molecular complexity index is 523. The fraction of sp³-hybridized carbons (Fsp3) is 0.286. The minimum Gasteiger partial charge on any atom is -0.497 e. The smallest absolute Gasteiger partial charge is 0.130 e. The number of methoxy groups -OCH3 is 1. The molecule has 1 N–H and O–H groups in total. The maximum Gasteiger partial charge on any atom is 0.130 e. The van der Waals surface area contributed by atoms with Crippen LogP contribution in [0.1, 0.15) is 11.4 Å². The Morgan fingerprint density at radius 1 is 1.21 bits per heavy atom. The van der Waals surface area contributed by atoms with E-state index in [0.29, 0.717) is 0 Å². The molecular formula is C14H16BrN3O. The van der Waals surface area contributed by atoms with Crippen LogP contribution >= 0.6 is 15.9 Å². The summed E-state index contributed by atoms with van der Waals surface area (Å²) in [5.41, 5.74) is 1.26. The number of halogens is 1. The van der Waals surface area contributed by atoms with Crippen molar-refractivity contribution in [1.29, 1.82) is 0 Å². The standard InChI is InChI=1S/C14H16BrN3O/c1-10-17-13(15)9-14(18-10)16-8-7-11-3-5-12(19-2)6-4-11/h3-6,9H,7-8H2,1-2H3,(H,16,17,18). The molecule has 100 valence electrons. The van der Waals surface area contributed by atoms with Crippen LogP contribution in [0.2, 0.25) is 0 Å². The van der Waals surface area contributed by atoms with E-state index in [-0.39, 0.29) is 0 Å². The molecule has 2 aromatic rings. The van der Waals surface area contributed by atoms with Crippen LogP contribution in [0.4, 0.5) is 5.82 Å². The highest BCUT2D eigenvalue weighted by atomic mass is 79.9. The Morgan fingerprint density at radius 3 is 2.58 bits per heavy atom. The molecule has 0 aliphatic rings. The van der Waals surface area contributed by atoms with Crippen molar-refractivity contribution in [2.45, 2.75) is 13.3 Å². The Kier molecular flexibility index (Phi) is 4.74. The molecule has 1 aromatic carbocycles. The fourth-order valence-corrected chi connectivity index (χ4v) is 2.22. The van der Waals surface area contributed by atoms with Crippen LogP contribution in [0, 0.1) is 6.92 Å². The van der Waals surface area contributed by atoms with Gasteiger partial charge in [-0.2, -0.15) is 0 Å². The second-order valence-electron chi connectivity index (χ2n) is 4.15. The molecule has 0 saturated heterocycles. The summed E-state index contributed by atoms with van der Waals surface area (Å²) in [6.45, 7) is 2.70. The predicted molar refractivity (Wildman–Crippen MR) is 79.7 cm³/mol. The first kappa shape index (κ1) is 13.8. The Labute approximate surface area is 121 Å². The molecule has 5 heteroatoms. The SMILES string of the molecule is COc1ccc(CCNc2cc(Br)nc(C)n2)cc1. The second kappa shape index (κ2) is 6.52. The summed E-state index contributed by atoms with van der Waals surface area (Å²) >= 11 is 3.36. The Hall–Kier alpha value is -1.62. The highest BCUT2D eigenvalue weighted by Gasteiger charge is 1.99. The first-order valence-electron chi connectivity index (χ1n) is 6.05. The third kappa shape index (κ3) is 4.21. The van der Waals surface area contributed by atoms with Gasteiger partial charge in [-0.05, 0) is 47.0 Å². The molecular weight excluding hydrogens is 306 g/mol. The molecule has 0 amide bonds. The average molecular weight is 322 g/mol. The summed E-state index contributed by atoms with van der Waals surface area (Å²) in [6, 6.07) is 9.96. The zero-order valence-corrected chi connectivity index (χ0v) is 12.6. The van der Waals surface area contributed by atoms with E-state index >= 15 is 0 Å². The molecule has 0 bridgehead atoms. The molecule has 1 heterocycles. The van der Waals surface area contributed by atoms with Crippen molar-refractivity contribution in [1.82, 2.24) is 9.97 Å². The largest absolute Gasteiger partial charge is 0.497 e. The van der Waals surface area contributed by atoms with Crippen LogP contribution < -0.4 is 10.1 Å². The number of aromatic nitrogens is 2. The lowest BCUT2D eigenvalue weighted by atomic mass is 10.1. The van der Waals surface area contributed by atoms with E-state index in [1.54, 1.807) is 7.11 Å². The third-order valence-corrected chi connectivity index (χ3v) is 3.09. The summed E-state index contributed by atoms with van der Waals surface area (Å²) in [4.78, 5) is 8.49. The molecule has 0 aliphatic heterocycles. The van der Waals surface area contributed by atoms with Crippen molar-refractivity contribution in [2.24, 2.45) is 0 Å². The van der Waals surface area contributed by atoms with E-state index in [9.17, 15) is 0 Å². The van der Waals surface area contributed by atoms with Gasteiger partial charge in [0.2, 0.25) is 0 Å². The van der Waals surface area contributed by atoms with E-state index < -0.39 is 0 Å². The van der Waals surface area contributed by atoms with Gasteiger partial charge in [0.25, 0.3) is 0 Å². The zero-order chi connectivity index (χ0) is 13.7. The molecule has 4 nitrogen and oxygen atoms in total. The fourth-order valence-electron chi connectivity index (χ4n) is 1.75. The van der Waals surface area contributed by atoms with E-state index in [1.165, 1.54) is 5.56 Å². The minimum atomic E-state index is 0.751. The van der Waals surface area contributed by atoms with Crippen LogP contribution in [0.5, 0.6) is 5.75 Å². The summed E-state index contributed by atoms with van der Waals surface area (Å²) < 4.78 is 5.93. The molecule has 0 aliphatic carbocycles. The molecule has 19 heavy (non-hydrogen) atoms. The first-order valence-corrected chi connectivity index (χ1v) is 6.84. The van der Waals surface area contributed by atoms with Gasteiger partial charge >= 0.3 is 0 Å². The molecule has 1 aromatic heterocycles. The van der Waals surface area contributed by atoms with E-state index in [4.69, 9.17) is 4.74 Å². The van der Waals surface area contributed by atoms with Crippen molar-refractivity contribution in [3.63, 3.8) is 0 Å². The van der Waals surface area contributed by atoms with Gasteiger partial charge in [-0.1, -0.05) is 12.1 Å². The lowest BCUT2D eigenvalue weighted by Crippen LogP contribution is -2.07. The topological polar surface area (TPSA) is 47.0 Å². The van der Waals surface area contributed by atoms with Gasteiger partial charge in [0, 0.05) is 12.6 Å². The van der Waals surface area contributed by atoms with Gasteiger partial charge in [-0.25, -0.2) is 9.97 Å². The quantitative estimate of drug-likeness (QED) is 0.859. The number of ether oxygens (including phenoxy) is 1. The number of hydrogen-bond donors (Lipinski definition) is 1. The summed E-state index contributed by atoms with van der Waals surface area (Å²) in [6.07, 6.45) is 0.935. The van der Waals surface area contributed by atoms with Crippen LogP contribution in [0.3, 0.4) is 0 Å². The highest BCUT2D eigenvalue weighted by molar-refractivity contribution is 9.10. The number of rotatable bonds is 5. The summed E-state index contributed by atoms with van der Waals surface area (Å²) in [5.74, 6) is 2.47. The number of nitrogens with zero attached hydrogens (tertiary/aromatic N) is 2. The number of nitrogens with one attached hydrogen (secondary N) is 1. The monoisotopic (exact) mass is 321 g/mol. The number of hydrogen-bond acceptors (Lipinski definition) is 4. The Morgan fingerprint density at radius 2 is 1.95 bits per heavy atom. The van der Waals surface area contributed by atoms with Crippen LogP contribution in [-0.4, -0.2) is 23.6 Å². The van der Waals surface area contributed by atoms with Crippen molar-refractivity contribution in [3.8, 4) is 5.75 Å². The average Bonchev–Trinajstić information content (AvgIpc) is 2.38. The normalized spacial score (nSPS) is 10.3. The van der Waals surface area contributed by atoms with Crippen molar-refractivity contribution in [3.05, 3.63) is 46.3 Å². The van der Waals surface area contributed by atoms with Gasteiger partial charge in [0.1, 0.15) is 22.0 Å². The maximum atomic E-state index is 5.13. The molecule has 2 rings (SSSR count). The van der Waals surface area contributed by atoms with Gasteiger partial charge in [-0.3, -0.25) is 0 Å². The third-order valence-electron chi connectivity index (χ3n) is 2.69. The maximum absolute atomic E-state index is 5.13. The number of benzene rings is 1. The zero-order valence-electron chi connectivity index (χ0n) is 11.0. The minimum absolute atomic E-state index is 0.751. The lowest BCUT2D eigenvalue weighted by Gasteiger charge is -2.07. The van der Waals surface area contributed by atoms with Crippen LogP contribution in [-0.2, 0) is 6.42 Å². The van der Waals surface area contributed by atoms with Crippen LogP contribution in [0.25, 0.3) is 0 Å². The highest BCUT2D eigenvalue weighted by Crippen LogP contribution is 2.13. The van der Waals surface area contributed by atoms with Gasteiger partial charge < -0.3 is 10.1 Å². The van der Waals surface area contributed by atoms with E-state index in [0.717, 1.165) is 35.0 Å². The predicted octanol–water partition coefficient (Wildman–Crippen LogP) is 3.21. The summed E-state index contributed by atoms with van der Waals surface area (Å²) in [7, 11) is 1.67. The molecule has 0 unspecified atom stereocenters. The molecule has 0 saturated carbocycles. The summed E-state index contributed by atoms with van der Waals surface area (Å²) in [5, 5.41) is 3.29. The van der Waals surface area contributed by atoms with E-state index in [1.807, 2.05) is 25.1 Å². The molecule has 0 atom stereocenters. The van der Waals surface area contributed by atoms with E-state index in [2.05, 4.69) is 43.3 Å². The number of anilines is 1. The molecule has 0 fully saturated rings. The lowest BCUT2D eigenvalue weighted by molar-refractivity contribution is 0.414. The Balaban J connectivity index is 1.88. The van der Waals surface area contributed by atoms with Gasteiger partial charge in [0.05, 0.1) is 7.11 Å². The molecule has 0 spiro atoms. The van der Waals surface area contributed by atoms with Crippen molar-refractivity contribution >= 4 is 21.7 Å². The molecule has 0 radical (unpaired) electrons. The number of aryl methyl sites for hydroxylation is 1. The van der Waals surface area contributed by atoms with Crippen molar-refractivity contribution in [2.75, 3.05) is 19.0 Å².